The highest BCUT2D eigenvalue weighted by molar-refractivity contribution is 7.86. The molecule has 1 aromatic carbocycles. The summed E-state index contributed by atoms with van der Waals surface area (Å²) in [6.45, 7) is 0. The molecule has 0 aliphatic heterocycles. The summed E-state index contributed by atoms with van der Waals surface area (Å²) in [5.74, 6) is -1.20. The van der Waals surface area contributed by atoms with Gasteiger partial charge in [0.2, 0.25) is 0 Å². The molecule has 0 radical (unpaired) electrons. The number of hydrogen-bond donors (Lipinski definition) is 0. The Bertz CT molecular complexity index is 431. The van der Waals surface area contributed by atoms with Crippen LogP contribution in [0.25, 0.3) is 0 Å². The molecule has 0 aromatic heterocycles. The van der Waals surface area contributed by atoms with Crippen LogP contribution in [0.3, 0.4) is 0 Å². The molecule has 0 N–H and O–H groups in total. The molecule has 0 aliphatic carbocycles. The molecule has 0 atom stereocenters. The van der Waals surface area contributed by atoms with Crippen molar-refractivity contribution in [3.8, 4) is 0 Å². The Morgan fingerprint density at radius 3 is 2.50 bits per heavy atom. The number of rotatable bonds is 3. The van der Waals surface area contributed by atoms with Crippen molar-refractivity contribution < 1.29 is 16.7 Å². The summed E-state index contributed by atoms with van der Waals surface area (Å²) in [5.41, 5.74) is 0.484. The average Bonchev–Trinajstić information content (AvgIpc) is 2.06. The second-order valence-corrected chi connectivity index (χ2v) is 4.63. The molecule has 2 nitrogen and oxygen atoms in total. The van der Waals surface area contributed by atoms with Gasteiger partial charge in [0.05, 0.1) is 10.8 Å². The molecule has 0 unspecified atom stereocenters. The van der Waals surface area contributed by atoms with Crippen LogP contribution in [0.1, 0.15) is 5.56 Å². The summed E-state index contributed by atoms with van der Waals surface area (Å²) in [4.78, 5) is 0. The molecule has 0 bridgehead atoms. The van der Waals surface area contributed by atoms with Gasteiger partial charge < -0.3 is 0 Å². The van der Waals surface area contributed by atoms with E-state index in [0.29, 0.717) is 5.56 Å². The molecule has 0 aliphatic rings. The summed E-state index contributed by atoms with van der Waals surface area (Å²) in [6.07, 6.45) is -0.0150. The lowest BCUT2D eigenvalue weighted by molar-refractivity contribution is 0.551. The maximum absolute atomic E-state index is 12.6. The van der Waals surface area contributed by atoms with Crippen LogP contribution < -0.4 is 0 Å². The van der Waals surface area contributed by atoms with E-state index in [1.807, 2.05) is 0 Å². The van der Waals surface area contributed by atoms with Crippen molar-refractivity contribution in [1.82, 2.24) is 0 Å². The van der Waals surface area contributed by atoms with Crippen molar-refractivity contribution in [3.05, 3.63) is 34.6 Å². The van der Waals surface area contributed by atoms with E-state index in [2.05, 4.69) is 0 Å². The van der Waals surface area contributed by atoms with Gasteiger partial charge in [-0.1, -0.05) is 17.7 Å². The Labute approximate surface area is 85.7 Å². The largest absolute Gasteiger partial charge is 0.302 e. The fourth-order valence-corrected chi connectivity index (χ4v) is 1.62. The standard InChI is InChI=1S/C8H7ClF2O2S/c9-7-5-6(1-2-8(7)10)3-4-14(11,12)13/h1-2,5H,3-4H2. The van der Waals surface area contributed by atoms with E-state index in [0.717, 1.165) is 6.07 Å². The van der Waals surface area contributed by atoms with E-state index < -0.39 is 21.8 Å². The topological polar surface area (TPSA) is 34.1 Å². The van der Waals surface area contributed by atoms with Crippen LogP contribution in [0.2, 0.25) is 5.02 Å². The number of hydrogen-bond acceptors (Lipinski definition) is 2. The molecule has 0 fully saturated rings. The predicted molar refractivity (Wildman–Crippen MR) is 50.0 cm³/mol. The van der Waals surface area contributed by atoms with E-state index in [1.54, 1.807) is 0 Å². The van der Waals surface area contributed by atoms with Crippen LogP contribution in [0.4, 0.5) is 8.28 Å². The Kier molecular flexibility index (Phi) is 3.44. The minimum Gasteiger partial charge on any atom is -0.205 e. The zero-order chi connectivity index (χ0) is 10.8. The van der Waals surface area contributed by atoms with Crippen LogP contribution in [-0.4, -0.2) is 14.2 Å². The van der Waals surface area contributed by atoms with Crippen molar-refractivity contribution >= 4 is 21.8 Å². The van der Waals surface area contributed by atoms with Gasteiger partial charge in [-0.15, -0.1) is 3.89 Å². The number of aryl methyl sites for hydroxylation is 1. The van der Waals surface area contributed by atoms with E-state index in [4.69, 9.17) is 11.6 Å². The number of halogens is 3. The van der Waals surface area contributed by atoms with E-state index in [1.165, 1.54) is 12.1 Å². The molecule has 1 rings (SSSR count). The second-order valence-electron chi connectivity index (χ2n) is 2.74. The Morgan fingerprint density at radius 1 is 1.36 bits per heavy atom. The lowest BCUT2D eigenvalue weighted by atomic mass is 10.2. The molecule has 6 heteroatoms. The third-order valence-electron chi connectivity index (χ3n) is 1.62. The van der Waals surface area contributed by atoms with Gasteiger partial charge >= 0.3 is 10.2 Å². The van der Waals surface area contributed by atoms with Gasteiger partial charge in [-0.3, -0.25) is 0 Å². The van der Waals surface area contributed by atoms with E-state index in [-0.39, 0.29) is 11.4 Å². The summed E-state index contributed by atoms with van der Waals surface area (Å²) in [7, 11) is -4.48. The molecule has 0 spiro atoms. The highest BCUT2D eigenvalue weighted by atomic mass is 35.5. The Balaban J connectivity index is 2.74. The van der Waals surface area contributed by atoms with Crippen molar-refractivity contribution in [2.75, 3.05) is 5.75 Å². The van der Waals surface area contributed by atoms with Gasteiger partial charge in [-0.05, 0) is 24.1 Å². The minimum absolute atomic E-state index is 0.0150. The fourth-order valence-electron chi connectivity index (χ4n) is 0.935. The van der Waals surface area contributed by atoms with Gasteiger partial charge in [0.1, 0.15) is 5.82 Å². The highest BCUT2D eigenvalue weighted by Gasteiger charge is 2.08. The maximum atomic E-state index is 12.6. The monoisotopic (exact) mass is 240 g/mol. The molecule has 0 amide bonds. The molecule has 0 saturated carbocycles. The molecule has 0 heterocycles. The van der Waals surface area contributed by atoms with E-state index >= 15 is 0 Å². The van der Waals surface area contributed by atoms with Crippen LogP contribution >= 0.6 is 11.6 Å². The van der Waals surface area contributed by atoms with Crippen molar-refractivity contribution in [1.29, 1.82) is 0 Å². The normalized spacial score (nSPS) is 11.6. The third kappa shape index (κ3) is 3.59. The molecular formula is C8H7ClF2O2S. The van der Waals surface area contributed by atoms with Gasteiger partial charge in [-0.2, -0.15) is 8.42 Å². The molecule has 14 heavy (non-hydrogen) atoms. The lowest BCUT2D eigenvalue weighted by Gasteiger charge is -2.00. The molecule has 78 valence electrons. The van der Waals surface area contributed by atoms with E-state index in [9.17, 15) is 16.7 Å². The quantitative estimate of drug-likeness (QED) is 0.760. The maximum Gasteiger partial charge on any atom is 0.302 e. The first-order valence-electron chi connectivity index (χ1n) is 3.75. The van der Waals surface area contributed by atoms with Gasteiger partial charge in [0.25, 0.3) is 0 Å². The summed E-state index contributed by atoms with van der Waals surface area (Å²) in [5, 5.41) is -0.0984. The zero-order valence-electron chi connectivity index (χ0n) is 7.00. The van der Waals surface area contributed by atoms with Crippen molar-refractivity contribution in [3.63, 3.8) is 0 Å². The summed E-state index contributed by atoms with van der Waals surface area (Å²) in [6, 6.07) is 3.76. The third-order valence-corrected chi connectivity index (χ3v) is 2.60. The summed E-state index contributed by atoms with van der Waals surface area (Å²) < 4.78 is 45.1. The van der Waals surface area contributed by atoms with Gasteiger partial charge in [0.15, 0.2) is 0 Å². The SMILES string of the molecule is O=S(=O)(F)CCc1ccc(F)c(Cl)c1. The van der Waals surface area contributed by atoms with Crippen LogP contribution in [-0.2, 0) is 16.6 Å². The molecule has 1 aromatic rings. The second kappa shape index (κ2) is 4.23. The first kappa shape index (κ1) is 11.4. The van der Waals surface area contributed by atoms with Crippen molar-refractivity contribution in [2.45, 2.75) is 6.42 Å². The lowest BCUT2D eigenvalue weighted by Crippen LogP contribution is -2.02. The number of benzene rings is 1. The Hall–Kier alpha value is -0.680. The predicted octanol–water partition coefficient (Wildman–Crippen LogP) is 2.32. The molecular weight excluding hydrogens is 234 g/mol. The first-order chi connectivity index (χ1) is 6.38. The highest BCUT2D eigenvalue weighted by Crippen LogP contribution is 2.16. The van der Waals surface area contributed by atoms with Crippen LogP contribution in [0.5, 0.6) is 0 Å². The molecule has 0 saturated heterocycles. The van der Waals surface area contributed by atoms with Crippen LogP contribution in [0.15, 0.2) is 18.2 Å². The fraction of sp³-hybridized carbons (Fsp3) is 0.250. The summed E-state index contributed by atoms with van der Waals surface area (Å²) >= 11 is 5.45. The van der Waals surface area contributed by atoms with Gasteiger partial charge in [0, 0.05) is 0 Å². The minimum atomic E-state index is -4.48. The zero-order valence-corrected chi connectivity index (χ0v) is 8.58. The Morgan fingerprint density at radius 2 is 2.00 bits per heavy atom. The first-order valence-corrected chi connectivity index (χ1v) is 5.68. The van der Waals surface area contributed by atoms with Crippen LogP contribution in [0, 0.1) is 5.82 Å². The van der Waals surface area contributed by atoms with Gasteiger partial charge in [-0.25, -0.2) is 4.39 Å². The average molecular weight is 241 g/mol. The van der Waals surface area contributed by atoms with Crippen molar-refractivity contribution in [2.24, 2.45) is 0 Å². The smallest absolute Gasteiger partial charge is 0.205 e.